The Morgan fingerprint density at radius 2 is 1.94 bits per heavy atom. The zero-order valence-electron chi connectivity index (χ0n) is 18.0. The summed E-state index contributed by atoms with van der Waals surface area (Å²) in [6, 6.07) is 17.4. The van der Waals surface area contributed by atoms with Crippen LogP contribution in [0.15, 0.2) is 60.8 Å². The normalized spacial score (nSPS) is 14.2. The van der Waals surface area contributed by atoms with Gasteiger partial charge in [-0.15, -0.1) is 0 Å². The van der Waals surface area contributed by atoms with Gasteiger partial charge in [0.15, 0.2) is 5.65 Å². The summed E-state index contributed by atoms with van der Waals surface area (Å²) in [4.78, 5) is 16.3. The second-order valence-electron chi connectivity index (χ2n) is 8.18. The van der Waals surface area contributed by atoms with Crippen LogP contribution in [0, 0.1) is 0 Å². The van der Waals surface area contributed by atoms with Crippen molar-refractivity contribution in [3.05, 3.63) is 71.9 Å². The molecule has 0 aliphatic heterocycles. The van der Waals surface area contributed by atoms with Gasteiger partial charge in [0.05, 0.1) is 23.6 Å². The molecule has 5 rings (SSSR count). The number of aromatic carboxylic acids is 1. The number of carbonyl (C=O) groups is 1. The summed E-state index contributed by atoms with van der Waals surface area (Å²) in [5.41, 5.74) is 5.67. The summed E-state index contributed by atoms with van der Waals surface area (Å²) in [6.45, 7) is 2.57. The quantitative estimate of drug-likeness (QED) is 0.420. The van der Waals surface area contributed by atoms with E-state index < -0.39 is 5.97 Å². The van der Waals surface area contributed by atoms with Crippen molar-refractivity contribution in [3.8, 4) is 28.3 Å². The van der Waals surface area contributed by atoms with Crippen LogP contribution in [0.5, 0.6) is 5.75 Å². The van der Waals surface area contributed by atoms with Gasteiger partial charge in [0.1, 0.15) is 5.75 Å². The van der Waals surface area contributed by atoms with Crippen LogP contribution in [0.4, 0.5) is 0 Å². The number of rotatable bonds is 6. The second-order valence-corrected chi connectivity index (χ2v) is 8.18. The molecule has 1 aliphatic carbocycles. The van der Waals surface area contributed by atoms with Gasteiger partial charge in [0.2, 0.25) is 0 Å². The summed E-state index contributed by atoms with van der Waals surface area (Å²) in [5.74, 6) is 0.238. The lowest BCUT2D eigenvalue weighted by Crippen LogP contribution is -2.06. The third-order valence-electron chi connectivity index (χ3n) is 6.17. The lowest BCUT2D eigenvalue weighted by Gasteiger charge is -2.15. The van der Waals surface area contributed by atoms with E-state index in [1.54, 1.807) is 12.3 Å². The maximum atomic E-state index is 11.8. The highest BCUT2D eigenvalue weighted by Gasteiger charge is 2.23. The predicted octanol–water partition coefficient (Wildman–Crippen LogP) is 5.82. The first-order chi connectivity index (χ1) is 15.6. The van der Waals surface area contributed by atoms with Crippen LogP contribution in [-0.4, -0.2) is 32.3 Å². The molecule has 0 radical (unpaired) electrons. The highest BCUT2D eigenvalue weighted by molar-refractivity contribution is 5.90. The van der Waals surface area contributed by atoms with E-state index in [1.165, 1.54) is 0 Å². The molecule has 4 aromatic rings. The van der Waals surface area contributed by atoms with Crippen molar-refractivity contribution < 1.29 is 14.6 Å². The first-order valence-electron chi connectivity index (χ1n) is 11.1. The molecule has 0 amide bonds. The van der Waals surface area contributed by atoms with E-state index in [2.05, 4.69) is 4.98 Å². The molecule has 1 saturated carbocycles. The van der Waals surface area contributed by atoms with Gasteiger partial charge in [0, 0.05) is 23.4 Å². The number of ether oxygens (including phenoxy) is 1. The Kier molecular flexibility index (Phi) is 5.35. The van der Waals surface area contributed by atoms with E-state index >= 15 is 0 Å². The van der Waals surface area contributed by atoms with Gasteiger partial charge in [0.25, 0.3) is 0 Å². The zero-order chi connectivity index (χ0) is 22.1. The average molecular weight is 428 g/mol. The average Bonchev–Trinajstić information content (AvgIpc) is 3.49. The van der Waals surface area contributed by atoms with Crippen molar-refractivity contribution in [2.75, 3.05) is 6.61 Å². The van der Waals surface area contributed by atoms with E-state index in [9.17, 15) is 9.90 Å². The van der Waals surface area contributed by atoms with E-state index in [0.717, 1.165) is 65.2 Å². The number of benzene rings is 2. The van der Waals surface area contributed by atoms with Crippen LogP contribution < -0.4 is 4.74 Å². The number of nitrogens with zero attached hydrogens (tertiary/aromatic N) is 3. The fourth-order valence-corrected chi connectivity index (χ4v) is 4.66. The first-order valence-corrected chi connectivity index (χ1v) is 11.1. The number of aromatic nitrogens is 3. The van der Waals surface area contributed by atoms with Gasteiger partial charge in [-0.1, -0.05) is 31.0 Å². The standard InChI is InChI=1S/C26H25N3O3/c1-2-32-20-9-5-8-18(14-20)23-16-25-27-13-12-24(29(25)28-23)19-10-11-21(26(30)31)22(15-19)17-6-3-4-7-17/h5,8-17H,2-4,6-7H2,1H3,(H,30,31). The molecule has 6 nitrogen and oxygen atoms in total. The Morgan fingerprint density at radius 1 is 1.09 bits per heavy atom. The molecule has 0 atom stereocenters. The number of hydrogen-bond acceptors (Lipinski definition) is 4. The number of carboxylic acids is 1. The van der Waals surface area contributed by atoms with Crippen molar-refractivity contribution in [2.45, 2.75) is 38.5 Å². The van der Waals surface area contributed by atoms with Crippen LogP contribution in [0.1, 0.15) is 54.4 Å². The molecule has 2 heterocycles. The Balaban J connectivity index is 1.60. The Morgan fingerprint density at radius 3 is 2.72 bits per heavy atom. The van der Waals surface area contributed by atoms with Gasteiger partial charge in [-0.05, 0) is 61.6 Å². The van der Waals surface area contributed by atoms with Gasteiger partial charge in [-0.3, -0.25) is 0 Å². The van der Waals surface area contributed by atoms with Gasteiger partial charge >= 0.3 is 5.97 Å². The minimum atomic E-state index is -0.867. The van der Waals surface area contributed by atoms with Crippen molar-refractivity contribution in [3.63, 3.8) is 0 Å². The SMILES string of the molecule is CCOc1cccc(-c2cc3nccc(-c4ccc(C(=O)O)c(C5CCCC5)c4)n3n2)c1. The van der Waals surface area contributed by atoms with Crippen molar-refractivity contribution in [1.82, 2.24) is 14.6 Å². The Hall–Kier alpha value is -3.67. The predicted molar refractivity (Wildman–Crippen MR) is 123 cm³/mol. The molecule has 32 heavy (non-hydrogen) atoms. The maximum Gasteiger partial charge on any atom is 0.335 e. The molecule has 1 fully saturated rings. The molecule has 2 aromatic heterocycles. The van der Waals surface area contributed by atoms with E-state index in [1.807, 2.05) is 60.0 Å². The van der Waals surface area contributed by atoms with Crippen LogP contribution in [-0.2, 0) is 0 Å². The number of carboxylic acid groups (broad SMARTS) is 1. The van der Waals surface area contributed by atoms with E-state index in [4.69, 9.17) is 9.84 Å². The topological polar surface area (TPSA) is 76.7 Å². The lowest BCUT2D eigenvalue weighted by atomic mass is 9.90. The number of fused-ring (bicyclic) bond motifs is 1. The fraction of sp³-hybridized carbons (Fsp3) is 0.269. The minimum absolute atomic E-state index is 0.299. The molecule has 1 aliphatic rings. The molecular formula is C26H25N3O3. The van der Waals surface area contributed by atoms with Crippen LogP contribution in [0.25, 0.3) is 28.2 Å². The molecule has 1 N–H and O–H groups in total. The summed E-state index contributed by atoms with van der Waals surface area (Å²) < 4.78 is 7.46. The highest BCUT2D eigenvalue weighted by atomic mass is 16.5. The number of hydrogen-bond donors (Lipinski definition) is 1. The third-order valence-corrected chi connectivity index (χ3v) is 6.17. The summed E-state index contributed by atoms with van der Waals surface area (Å²) in [5, 5.41) is 14.5. The molecular weight excluding hydrogens is 402 g/mol. The van der Waals surface area contributed by atoms with Crippen LogP contribution >= 0.6 is 0 Å². The maximum absolute atomic E-state index is 11.8. The zero-order valence-corrected chi connectivity index (χ0v) is 18.0. The summed E-state index contributed by atoms with van der Waals surface area (Å²) >= 11 is 0. The largest absolute Gasteiger partial charge is 0.494 e. The highest BCUT2D eigenvalue weighted by Crippen LogP contribution is 2.38. The van der Waals surface area contributed by atoms with Crippen molar-refractivity contribution in [1.29, 1.82) is 0 Å². The van der Waals surface area contributed by atoms with Crippen molar-refractivity contribution >= 4 is 11.6 Å². The monoisotopic (exact) mass is 427 g/mol. The molecule has 0 unspecified atom stereocenters. The Labute approximate surface area is 186 Å². The molecule has 0 spiro atoms. The molecule has 0 saturated heterocycles. The van der Waals surface area contributed by atoms with Crippen molar-refractivity contribution in [2.24, 2.45) is 0 Å². The smallest absolute Gasteiger partial charge is 0.335 e. The van der Waals surface area contributed by atoms with Crippen LogP contribution in [0.3, 0.4) is 0 Å². The van der Waals surface area contributed by atoms with Gasteiger partial charge in [-0.25, -0.2) is 14.3 Å². The summed E-state index contributed by atoms with van der Waals surface area (Å²) in [6.07, 6.45) is 6.15. The third kappa shape index (κ3) is 3.73. The Bertz CT molecular complexity index is 1290. The van der Waals surface area contributed by atoms with E-state index in [-0.39, 0.29) is 0 Å². The first kappa shape index (κ1) is 20.2. The lowest BCUT2D eigenvalue weighted by molar-refractivity contribution is 0.0695. The van der Waals surface area contributed by atoms with Gasteiger partial charge < -0.3 is 9.84 Å². The summed E-state index contributed by atoms with van der Waals surface area (Å²) in [7, 11) is 0. The molecule has 0 bridgehead atoms. The fourth-order valence-electron chi connectivity index (χ4n) is 4.66. The van der Waals surface area contributed by atoms with Gasteiger partial charge in [-0.2, -0.15) is 5.10 Å². The van der Waals surface area contributed by atoms with E-state index in [0.29, 0.717) is 18.1 Å². The second kappa shape index (κ2) is 8.46. The van der Waals surface area contributed by atoms with Crippen LogP contribution in [0.2, 0.25) is 0 Å². The molecule has 6 heteroatoms. The molecule has 162 valence electrons. The minimum Gasteiger partial charge on any atom is -0.494 e. The molecule has 2 aromatic carbocycles.